The highest BCUT2D eigenvalue weighted by Gasteiger charge is 2.34. The molecule has 1 atom stereocenters. The molecule has 1 aliphatic rings. The highest BCUT2D eigenvalue weighted by molar-refractivity contribution is 8.00. The first-order chi connectivity index (χ1) is 11.5. The molecule has 0 aliphatic carbocycles. The standard InChI is InChI=1S/C18H20N2O3S/c1-19(2)13-5-7-14(8-6-13)20-17(22)11-24-18(20)12-4-9-15(21)16(10-12)23-3/h4-10,18,21H,11H2,1-3H3. The minimum absolute atomic E-state index is 0.0784. The maximum Gasteiger partial charge on any atom is 0.238 e. The van der Waals surface area contributed by atoms with Crippen molar-refractivity contribution in [2.45, 2.75) is 5.37 Å². The molecule has 0 aromatic heterocycles. The third-order valence-corrected chi connectivity index (χ3v) is 5.21. The van der Waals surface area contributed by atoms with Crippen molar-refractivity contribution in [3.05, 3.63) is 48.0 Å². The summed E-state index contributed by atoms with van der Waals surface area (Å²) >= 11 is 1.57. The first-order valence-electron chi connectivity index (χ1n) is 7.59. The lowest BCUT2D eigenvalue weighted by molar-refractivity contribution is -0.115. The number of anilines is 2. The van der Waals surface area contributed by atoms with Crippen molar-refractivity contribution in [2.75, 3.05) is 36.8 Å². The molecular weight excluding hydrogens is 324 g/mol. The average molecular weight is 344 g/mol. The van der Waals surface area contributed by atoms with Crippen molar-refractivity contribution < 1.29 is 14.6 Å². The van der Waals surface area contributed by atoms with E-state index in [9.17, 15) is 9.90 Å². The Balaban J connectivity index is 1.94. The highest BCUT2D eigenvalue weighted by atomic mass is 32.2. The van der Waals surface area contributed by atoms with Crippen LogP contribution in [0.4, 0.5) is 11.4 Å². The summed E-state index contributed by atoms with van der Waals surface area (Å²) in [5.74, 6) is 1.02. The number of phenolic OH excluding ortho intramolecular Hbond substituents is 1. The molecule has 0 radical (unpaired) electrons. The van der Waals surface area contributed by atoms with E-state index in [1.165, 1.54) is 7.11 Å². The minimum Gasteiger partial charge on any atom is -0.504 e. The third-order valence-electron chi connectivity index (χ3n) is 4.00. The molecule has 5 nitrogen and oxygen atoms in total. The van der Waals surface area contributed by atoms with E-state index in [4.69, 9.17) is 4.74 Å². The lowest BCUT2D eigenvalue weighted by Crippen LogP contribution is -2.27. The molecule has 1 saturated heterocycles. The highest BCUT2D eigenvalue weighted by Crippen LogP contribution is 2.43. The molecule has 0 spiro atoms. The number of benzene rings is 2. The number of aromatic hydroxyl groups is 1. The second kappa shape index (κ2) is 6.65. The maximum atomic E-state index is 12.4. The molecule has 6 heteroatoms. The predicted octanol–water partition coefficient (Wildman–Crippen LogP) is 3.25. The number of amides is 1. The topological polar surface area (TPSA) is 53.0 Å². The van der Waals surface area contributed by atoms with E-state index in [2.05, 4.69) is 0 Å². The molecule has 1 aliphatic heterocycles. The molecule has 1 N–H and O–H groups in total. The van der Waals surface area contributed by atoms with Crippen LogP contribution in [0.5, 0.6) is 11.5 Å². The first kappa shape index (κ1) is 16.5. The van der Waals surface area contributed by atoms with Crippen LogP contribution in [-0.2, 0) is 4.79 Å². The Bertz CT molecular complexity index is 746. The largest absolute Gasteiger partial charge is 0.504 e. The van der Waals surface area contributed by atoms with E-state index >= 15 is 0 Å². The fourth-order valence-electron chi connectivity index (χ4n) is 2.71. The molecule has 1 amide bonds. The van der Waals surface area contributed by atoms with Crippen molar-refractivity contribution >= 4 is 29.0 Å². The molecule has 126 valence electrons. The van der Waals surface area contributed by atoms with E-state index in [-0.39, 0.29) is 17.0 Å². The van der Waals surface area contributed by atoms with Crippen LogP contribution in [-0.4, -0.2) is 38.0 Å². The molecule has 3 rings (SSSR count). The molecule has 24 heavy (non-hydrogen) atoms. The van der Waals surface area contributed by atoms with Crippen LogP contribution in [0.25, 0.3) is 0 Å². The van der Waals surface area contributed by atoms with E-state index in [0.717, 1.165) is 16.9 Å². The number of rotatable bonds is 4. The van der Waals surface area contributed by atoms with Gasteiger partial charge in [0.05, 0.1) is 12.9 Å². The van der Waals surface area contributed by atoms with E-state index in [1.54, 1.807) is 28.8 Å². The fourth-order valence-corrected chi connectivity index (χ4v) is 3.88. The van der Waals surface area contributed by atoms with Gasteiger partial charge < -0.3 is 14.7 Å². The van der Waals surface area contributed by atoms with Crippen molar-refractivity contribution in [3.8, 4) is 11.5 Å². The molecule has 0 bridgehead atoms. The van der Waals surface area contributed by atoms with Crippen LogP contribution in [0.1, 0.15) is 10.9 Å². The number of phenols is 1. The van der Waals surface area contributed by atoms with Gasteiger partial charge in [0.1, 0.15) is 5.37 Å². The first-order valence-corrected chi connectivity index (χ1v) is 8.64. The van der Waals surface area contributed by atoms with Crippen LogP contribution in [0, 0.1) is 0 Å². The number of methoxy groups -OCH3 is 1. The molecule has 1 fully saturated rings. The Morgan fingerprint density at radius 1 is 1.21 bits per heavy atom. The van der Waals surface area contributed by atoms with Crippen LogP contribution < -0.4 is 14.5 Å². The summed E-state index contributed by atoms with van der Waals surface area (Å²) in [6.07, 6.45) is 0. The van der Waals surface area contributed by atoms with E-state index < -0.39 is 0 Å². The fraction of sp³-hybridized carbons (Fsp3) is 0.278. The van der Waals surface area contributed by atoms with Crippen LogP contribution >= 0.6 is 11.8 Å². The van der Waals surface area contributed by atoms with Crippen molar-refractivity contribution in [3.63, 3.8) is 0 Å². The summed E-state index contributed by atoms with van der Waals surface area (Å²) < 4.78 is 5.19. The number of ether oxygens (including phenoxy) is 1. The lowest BCUT2D eigenvalue weighted by atomic mass is 10.1. The van der Waals surface area contributed by atoms with Crippen molar-refractivity contribution in [2.24, 2.45) is 0 Å². The SMILES string of the molecule is COc1cc(C2SCC(=O)N2c2ccc(N(C)C)cc2)ccc1O. The van der Waals surface area contributed by atoms with Crippen LogP contribution in [0.3, 0.4) is 0 Å². The van der Waals surface area contributed by atoms with Crippen molar-refractivity contribution in [1.29, 1.82) is 0 Å². The zero-order valence-corrected chi connectivity index (χ0v) is 14.7. The Labute approximate surface area is 145 Å². The lowest BCUT2D eigenvalue weighted by Gasteiger charge is -2.25. The Morgan fingerprint density at radius 3 is 2.54 bits per heavy atom. The van der Waals surface area contributed by atoms with Gasteiger partial charge in [-0.15, -0.1) is 11.8 Å². The zero-order valence-electron chi connectivity index (χ0n) is 13.9. The smallest absolute Gasteiger partial charge is 0.238 e. The predicted molar refractivity (Wildman–Crippen MR) is 98.1 cm³/mol. The number of thioether (sulfide) groups is 1. The Hall–Kier alpha value is -2.34. The molecule has 2 aromatic rings. The monoisotopic (exact) mass is 344 g/mol. The Morgan fingerprint density at radius 2 is 1.92 bits per heavy atom. The van der Waals surface area contributed by atoms with Gasteiger partial charge in [0.2, 0.25) is 5.91 Å². The third kappa shape index (κ3) is 3.01. The normalized spacial score (nSPS) is 17.2. The second-order valence-electron chi connectivity index (χ2n) is 5.77. The van der Waals surface area contributed by atoms with Gasteiger partial charge in [-0.1, -0.05) is 6.07 Å². The van der Waals surface area contributed by atoms with Gasteiger partial charge in [0, 0.05) is 25.5 Å². The van der Waals surface area contributed by atoms with Gasteiger partial charge in [-0.2, -0.15) is 0 Å². The molecule has 0 saturated carbocycles. The average Bonchev–Trinajstić information content (AvgIpc) is 2.97. The molecular formula is C18H20N2O3S. The summed E-state index contributed by atoms with van der Waals surface area (Å²) in [5.41, 5.74) is 2.88. The van der Waals surface area contributed by atoms with Crippen molar-refractivity contribution in [1.82, 2.24) is 0 Å². The minimum atomic E-state index is -0.128. The number of nitrogens with zero attached hydrogens (tertiary/aromatic N) is 2. The molecule has 2 aromatic carbocycles. The molecule has 1 heterocycles. The maximum absolute atomic E-state index is 12.4. The Kier molecular flexibility index (Phi) is 4.57. The second-order valence-corrected chi connectivity index (χ2v) is 6.84. The zero-order chi connectivity index (χ0) is 17.3. The van der Waals surface area contributed by atoms with Gasteiger partial charge >= 0.3 is 0 Å². The summed E-state index contributed by atoms with van der Waals surface area (Å²) in [7, 11) is 5.48. The van der Waals surface area contributed by atoms with Gasteiger partial charge in [0.25, 0.3) is 0 Å². The van der Waals surface area contributed by atoms with E-state index in [1.807, 2.05) is 49.3 Å². The quantitative estimate of drug-likeness (QED) is 0.923. The van der Waals surface area contributed by atoms with Gasteiger partial charge in [-0.25, -0.2) is 0 Å². The van der Waals surface area contributed by atoms with E-state index in [0.29, 0.717) is 11.5 Å². The number of hydrogen-bond donors (Lipinski definition) is 1. The number of hydrogen-bond acceptors (Lipinski definition) is 5. The summed E-state index contributed by atoms with van der Waals surface area (Å²) in [5, 5.41) is 9.65. The van der Waals surface area contributed by atoms with Crippen LogP contribution in [0.2, 0.25) is 0 Å². The van der Waals surface area contributed by atoms with Gasteiger partial charge in [0.15, 0.2) is 11.5 Å². The number of carbonyl (C=O) groups excluding carboxylic acids is 1. The molecule has 1 unspecified atom stereocenters. The summed E-state index contributed by atoms with van der Waals surface area (Å²) in [6, 6.07) is 13.1. The van der Waals surface area contributed by atoms with Gasteiger partial charge in [-0.05, 0) is 42.0 Å². The van der Waals surface area contributed by atoms with Crippen LogP contribution in [0.15, 0.2) is 42.5 Å². The summed E-state index contributed by atoms with van der Waals surface area (Å²) in [4.78, 5) is 16.2. The number of carbonyl (C=O) groups is 1. The summed E-state index contributed by atoms with van der Waals surface area (Å²) in [6.45, 7) is 0. The van der Waals surface area contributed by atoms with Gasteiger partial charge in [-0.3, -0.25) is 9.69 Å².